The molecule has 0 bridgehead atoms. The van der Waals surface area contributed by atoms with Crippen LogP contribution in [-0.4, -0.2) is 17.7 Å². The van der Waals surface area contributed by atoms with Gasteiger partial charge in [-0.2, -0.15) is 0 Å². The molecule has 2 amide bonds. The summed E-state index contributed by atoms with van der Waals surface area (Å²) in [6.07, 6.45) is 1.66. The first-order chi connectivity index (χ1) is 8.22. The summed E-state index contributed by atoms with van der Waals surface area (Å²) in [4.78, 5) is 11.4. The van der Waals surface area contributed by atoms with Crippen molar-refractivity contribution in [3.8, 4) is 0 Å². The van der Waals surface area contributed by atoms with Crippen molar-refractivity contribution in [3.05, 3.63) is 43.0 Å². The van der Waals surface area contributed by atoms with Crippen LogP contribution in [0.15, 0.2) is 43.0 Å². The fourth-order valence-electron chi connectivity index (χ4n) is 1.01. The number of hydrogen-bond acceptors (Lipinski definition) is 2. The molecule has 0 radical (unpaired) electrons. The first-order valence-electron chi connectivity index (χ1n) is 4.99. The van der Waals surface area contributed by atoms with Crippen molar-refractivity contribution < 1.29 is 4.79 Å². The van der Waals surface area contributed by atoms with Gasteiger partial charge in [0, 0.05) is 12.2 Å². The molecule has 0 heterocycles. The zero-order chi connectivity index (χ0) is 12.5. The van der Waals surface area contributed by atoms with E-state index in [0.29, 0.717) is 17.3 Å². The molecular weight excluding hydrogens is 236 g/mol. The minimum Gasteiger partial charge on any atom is -0.358 e. The zero-order valence-electron chi connectivity index (χ0n) is 9.19. The maximum atomic E-state index is 11.4. The van der Waals surface area contributed by atoms with Crippen LogP contribution < -0.4 is 21.5 Å². The number of para-hydroxylation sites is 1. The average Bonchev–Trinajstić information content (AvgIpc) is 2.35. The van der Waals surface area contributed by atoms with Crippen molar-refractivity contribution in [2.45, 2.75) is 0 Å². The van der Waals surface area contributed by atoms with Crippen LogP contribution in [0, 0.1) is 0 Å². The third-order valence-corrected chi connectivity index (χ3v) is 1.97. The molecule has 17 heavy (non-hydrogen) atoms. The number of anilines is 1. The summed E-state index contributed by atoms with van der Waals surface area (Å²) in [5, 5.41) is 5.77. The van der Waals surface area contributed by atoms with E-state index in [1.807, 2.05) is 18.2 Å². The van der Waals surface area contributed by atoms with Crippen LogP contribution in [0.25, 0.3) is 0 Å². The molecule has 4 N–H and O–H groups in total. The largest absolute Gasteiger partial charge is 0.358 e. The van der Waals surface area contributed by atoms with E-state index in [9.17, 15) is 4.79 Å². The first kappa shape index (κ1) is 13.0. The van der Waals surface area contributed by atoms with Gasteiger partial charge in [0.05, 0.1) is 0 Å². The lowest BCUT2D eigenvalue weighted by Crippen LogP contribution is -2.48. The summed E-state index contributed by atoms with van der Waals surface area (Å²) < 4.78 is 0. The summed E-state index contributed by atoms with van der Waals surface area (Å²) >= 11 is 4.89. The topological polar surface area (TPSA) is 65.2 Å². The van der Waals surface area contributed by atoms with Crippen molar-refractivity contribution in [1.29, 1.82) is 0 Å². The second kappa shape index (κ2) is 7.24. The molecule has 0 aliphatic carbocycles. The fraction of sp³-hybridized carbons (Fsp3) is 0.0909. The van der Waals surface area contributed by atoms with E-state index in [1.165, 1.54) is 0 Å². The van der Waals surface area contributed by atoms with E-state index in [0.717, 1.165) is 0 Å². The van der Waals surface area contributed by atoms with Crippen molar-refractivity contribution in [1.82, 2.24) is 16.2 Å². The highest BCUT2D eigenvalue weighted by Gasteiger charge is 2.00. The Kier molecular flexibility index (Phi) is 5.53. The third kappa shape index (κ3) is 5.53. The highest BCUT2D eigenvalue weighted by molar-refractivity contribution is 7.80. The summed E-state index contributed by atoms with van der Waals surface area (Å²) in [5.74, 6) is 0. The Morgan fingerprint density at radius 1 is 1.29 bits per heavy atom. The van der Waals surface area contributed by atoms with Gasteiger partial charge in [0.25, 0.3) is 0 Å². The van der Waals surface area contributed by atoms with Gasteiger partial charge in [0.15, 0.2) is 5.11 Å². The lowest BCUT2D eigenvalue weighted by atomic mass is 10.3. The zero-order valence-corrected chi connectivity index (χ0v) is 10.0. The predicted octanol–water partition coefficient (Wildman–Crippen LogP) is 1.37. The van der Waals surface area contributed by atoms with E-state index < -0.39 is 0 Å². The summed E-state index contributed by atoms with van der Waals surface area (Å²) in [6.45, 7) is 4.07. The minimum atomic E-state index is -0.390. The Bertz CT molecular complexity index is 394. The lowest BCUT2D eigenvalue weighted by molar-refractivity contribution is 0.250. The van der Waals surface area contributed by atoms with E-state index in [-0.39, 0.29) is 6.03 Å². The van der Waals surface area contributed by atoms with Crippen LogP contribution in [0.2, 0.25) is 0 Å². The van der Waals surface area contributed by atoms with E-state index in [4.69, 9.17) is 12.2 Å². The van der Waals surface area contributed by atoms with Crippen LogP contribution >= 0.6 is 12.2 Å². The molecule has 0 atom stereocenters. The van der Waals surface area contributed by atoms with Gasteiger partial charge in [0.2, 0.25) is 0 Å². The quantitative estimate of drug-likeness (QED) is 0.372. The summed E-state index contributed by atoms with van der Waals surface area (Å²) in [6, 6.07) is 8.72. The smallest absolute Gasteiger partial charge is 0.337 e. The first-order valence-corrected chi connectivity index (χ1v) is 5.40. The Hall–Kier alpha value is -2.08. The number of rotatable bonds is 3. The Balaban J connectivity index is 2.26. The molecule has 0 aromatic heterocycles. The molecule has 90 valence electrons. The number of carbonyl (C=O) groups excluding carboxylic acids is 1. The van der Waals surface area contributed by atoms with Crippen molar-refractivity contribution in [2.24, 2.45) is 0 Å². The Labute approximate surface area is 105 Å². The SMILES string of the molecule is C=CCNC(=S)NNC(=O)Nc1ccccc1. The molecule has 0 saturated heterocycles. The number of hydrogen-bond donors (Lipinski definition) is 4. The van der Waals surface area contributed by atoms with Crippen molar-refractivity contribution in [3.63, 3.8) is 0 Å². The second-order valence-electron chi connectivity index (χ2n) is 3.07. The molecule has 0 unspecified atom stereocenters. The van der Waals surface area contributed by atoms with Gasteiger partial charge in [-0.05, 0) is 24.4 Å². The summed E-state index contributed by atoms with van der Waals surface area (Å²) in [7, 11) is 0. The van der Waals surface area contributed by atoms with Gasteiger partial charge in [-0.15, -0.1) is 6.58 Å². The maximum absolute atomic E-state index is 11.4. The molecule has 0 fully saturated rings. The Morgan fingerprint density at radius 3 is 2.65 bits per heavy atom. The van der Waals surface area contributed by atoms with Gasteiger partial charge in [-0.1, -0.05) is 24.3 Å². The van der Waals surface area contributed by atoms with Crippen LogP contribution in [0.1, 0.15) is 0 Å². The van der Waals surface area contributed by atoms with Crippen molar-refractivity contribution >= 4 is 29.0 Å². The molecule has 1 rings (SSSR count). The average molecular weight is 250 g/mol. The number of carbonyl (C=O) groups is 1. The number of urea groups is 1. The van der Waals surface area contributed by atoms with Crippen LogP contribution in [-0.2, 0) is 0 Å². The molecule has 0 aliphatic heterocycles. The molecule has 6 heteroatoms. The molecule has 1 aromatic rings. The number of nitrogens with one attached hydrogen (secondary N) is 4. The minimum absolute atomic E-state index is 0.327. The molecule has 0 spiro atoms. The highest BCUT2D eigenvalue weighted by atomic mass is 32.1. The number of thiocarbonyl (C=S) groups is 1. The number of benzene rings is 1. The van der Waals surface area contributed by atoms with Gasteiger partial charge < -0.3 is 10.6 Å². The maximum Gasteiger partial charge on any atom is 0.337 e. The van der Waals surface area contributed by atoms with Gasteiger partial charge in [-0.3, -0.25) is 5.43 Å². The molecule has 1 aromatic carbocycles. The third-order valence-electron chi connectivity index (χ3n) is 1.73. The van der Waals surface area contributed by atoms with Crippen LogP contribution in [0.4, 0.5) is 10.5 Å². The fourth-order valence-corrected chi connectivity index (χ4v) is 1.14. The second-order valence-corrected chi connectivity index (χ2v) is 3.48. The molecule has 0 aliphatic rings. The monoisotopic (exact) mass is 250 g/mol. The number of hydrazine groups is 1. The predicted molar refractivity (Wildman–Crippen MR) is 72.5 cm³/mol. The van der Waals surface area contributed by atoms with Crippen LogP contribution in [0.5, 0.6) is 0 Å². The van der Waals surface area contributed by atoms with Crippen LogP contribution in [0.3, 0.4) is 0 Å². The highest BCUT2D eigenvalue weighted by Crippen LogP contribution is 2.03. The van der Waals surface area contributed by atoms with E-state index in [1.54, 1.807) is 18.2 Å². The van der Waals surface area contributed by atoms with Gasteiger partial charge in [0.1, 0.15) is 0 Å². The normalized spacial score (nSPS) is 8.94. The lowest BCUT2D eigenvalue weighted by Gasteiger charge is -2.11. The van der Waals surface area contributed by atoms with Gasteiger partial charge in [-0.25, -0.2) is 10.2 Å². The van der Waals surface area contributed by atoms with E-state index >= 15 is 0 Å². The standard InChI is InChI=1S/C11H14N4OS/c1-2-8-12-11(17)15-14-10(16)13-9-6-4-3-5-7-9/h2-7H,1,8H2,(H2,12,15,17)(H2,13,14,16). The summed E-state index contributed by atoms with van der Waals surface area (Å²) in [5.41, 5.74) is 5.66. The number of amides is 2. The van der Waals surface area contributed by atoms with Crippen molar-refractivity contribution in [2.75, 3.05) is 11.9 Å². The van der Waals surface area contributed by atoms with Gasteiger partial charge >= 0.3 is 6.03 Å². The van der Waals surface area contributed by atoms with E-state index in [2.05, 4.69) is 28.1 Å². The Morgan fingerprint density at radius 2 is 2.00 bits per heavy atom. The molecule has 5 nitrogen and oxygen atoms in total. The molecular formula is C11H14N4OS. The molecule has 0 saturated carbocycles.